The van der Waals surface area contributed by atoms with Crippen LogP contribution in [-0.4, -0.2) is 20.3 Å². The van der Waals surface area contributed by atoms with E-state index in [9.17, 15) is 4.39 Å². The number of hydrogen-bond acceptors (Lipinski definition) is 3. The lowest BCUT2D eigenvalue weighted by atomic mass is 10.1. The van der Waals surface area contributed by atoms with Crippen LogP contribution in [0.1, 0.15) is 0 Å². The molecule has 9 heteroatoms. The van der Waals surface area contributed by atoms with Gasteiger partial charge < -0.3 is 4.57 Å². The number of thioether (sulfide) groups is 1. The van der Waals surface area contributed by atoms with Gasteiger partial charge in [0.2, 0.25) is 0 Å². The van der Waals surface area contributed by atoms with Crippen molar-refractivity contribution in [1.29, 1.82) is 0 Å². The van der Waals surface area contributed by atoms with Crippen molar-refractivity contribution < 1.29 is 4.39 Å². The molecule has 0 N–H and O–H groups in total. The summed E-state index contributed by atoms with van der Waals surface area (Å²) in [7, 11) is 0. The second-order valence-corrected chi connectivity index (χ2v) is 5.90. The minimum absolute atomic E-state index is 0. The first kappa shape index (κ1) is 24.0. The second-order valence-electron chi connectivity index (χ2n) is 4.83. The molecule has 0 unspecified atom stereocenters. The largest absolute Gasteiger partial charge is 0.318 e. The van der Waals surface area contributed by atoms with Crippen LogP contribution in [0.25, 0.3) is 22.5 Å². The fourth-order valence-corrected chi connectivity index (χ4v) is 3.54. The Hall–Kier alpha value is -0.980. The van der Waals surface area contributed by atoms with E-state index in [0.717, 1.165) is 40.0 Å². The lowest BCUT2D eigenvalue weighted by Gasteiger charge is -2.07. The van der Waals surface area contributed by atoms with E-state index in [1.165, 1.54) is 12.1 Å². The molecule has 3 heterocycles. The van der Waals surface area contributed by atoms with Crippen LogP contribution < -0.4 is 0 Å². The van der Waals surface area contributed by atoms with E-state index in [2.05, 4.69) is 9.55 Å². The van der Waals surface area contributed by atoms with Crippen LogP contribution in [0, 0.1) is 5.82 Å². The highest BCUT2D eigenvalue weighted by atomic mass is 35.5. The third kappa shape index (κ3) is 4.60. The lowest BCUT2D eigenvalue weighted by Crippen LogP contribution is -1.97. The fourth-order valence-electron chi connectivity index (χ4n) is 2.59. The molecule has 0 spiro atoms. The molecular weight excluding hydrogens is 427 g/mol. The molecule has 0 radical (unpaired) electrons. The highest BCUT2D eigenvalue weighted by Gasteiger charge is 2.23. The Morgan fingerprint density at radius 2 is 1.52 bits per heavy atom. The average molecular weight is 443 g/mol. The van der Waals surface area contributed by atoms with Gasteiger partial charge in [0.05, 0.1) is 11.4 Å². The molecule has 0 atom stereocenters. The Labute approximate surface area is 174 Å². The van der Waals surface area contributed by atoms with Crippen LogP contribution >= 0.6 is 61.4 Å². The van der Waals surface area contributed by atoms with Crippen LogP contribution in [0.15, 0.2) is 53.9 Å². The third-order valence-electron chi connectivity index (χ3n) is 3.55. The van der Waals surface area contributed by atoms with E-state index in [-0.39, 0.29) is 55.4 Å². The Kier molecular flexibility index (Phi) is 9.84. The number of hydrogen-bond donors (Lipinski definition) is 0. The quantitative estimate of drug-likeness (QED) is 0.521. The molecule has 0 saturated carbocycles. The molecule has 3 aromatic rings. The van der Waals surface area contributed by atoms with Crippen LogP contribution in [-0.2, 0) is 6.54 Å². The normalized spacial score (nSPS) is 11.2. The van der Waals surface area contributed by atoms with Crippen molar-refractivity contribution in [2.45, 2.75) is 11.7 Å². The van der Waals surface area contributed by atoms with Crippen molar-refractivity contribution in [3.8, 4) is 22.5 Å². The lowest BCUT2D eigenvalue weighted by molar-refractivity contribution is 0.628. The van der Waals surface area contributed by atoms with Gasteiger partial charge >= 0.3 is 0 Å². The van der Waals surface area contributed by atoms with Gasteiger partial charge in [-0.05, 0) is 36.4 Å². The maximum Gasteiger partial charge on any atom is 0.169 e. The highest BCUT2D eigenvalue weighted by molar-refractivity contribution is 7.99. The molecule has 1 aromatic carbocycles. The van der Waals surface area contributed by atoms with Crippen molar-refractivity contribution in [1.82, 2.24) is 14.5 Å². The van der Waals surface area contributed by atoms with Crippen molar-refractivity contribution in [2.75, 3.05) is 5.75 Å². The number of benzene rings is 1. The minimum atomic E-state index is -0.231. The first-order valence-electron chi connectivity index (χ1n) is 6.72. The molecule has 1 aliphatic rings. The minimum Gasteiger partial charge on any atom is -0.318 e. The topological polar surface area (TPSA) is 30.7 Å². The molecule has 136 valence electrons. The van der Waals surface area contributed by atoms with Gasteiger partial charge in [-0.25, -0.2) is 9.37 Å². The number of halogens is 5. The van der Waals surface area contributed by atoms with Gasteiger partial charge in [0.25, 0.3) is 0 Å². The van der Waals surface area contributed by atoms with Gasteiger partial charge in [-0.1, -0.05) is 11.8 Å². The maximum atomic E-state index is 13.1. The zero-order valence-electron chi connectivity index (χ0n) is 12.8. The monoisotopic (exact) mass is 441 g/mol. The molecule has 2 aromatic heterocycles. The van der Waals surface area contributed by atoms with Gasteiger partial charge in [-0.3, -0.25) is 4.98 Å². The summed E-state index contributed by atoms with van der Waals surface area (Å²) in [6.45, 7) is 0.950. The first-order valence-corrected chi connectivity index (χ1v) is 7.71. The molecule has 0 amide bonds. The highest BCUT2D eigenvalue weighted by Crippen LogP contribution is 2.38. The Balaban J connectivity index is 0.00000144. The first-order chi connectivity index (χ1) is 10.3. The molecule has 4 rings (SSSR count). The van der Waals surface area contributed by atoms with Crippen LogP contribution in [0.5, 0.6) is 0 Å². The number of pyridine rings is 1. The molecule has 0 fully saturated rings. The molecule has 0 saturated heterocycles. The maximum absolute atomic E-state index is 13.1. The Morgan fingerprint density at radius 3 is 2.16 bits per heavy atom. The van der Waals surface area contributed by atoms with Crippen molar-refractivity contribution in [3.05, 3.63) is 54.6 Å². The predicted molar refractivity (Wildman–Crippen MR) is 111 cm³/mol. The number of aromatic nitrogens is 3. The number of rotatable bonds is 2. The summed E-state index contributed by atoms with van der Waals surface area (Å²) in [5.41, 5.74) is 4.02. The SMILES string of the molecule is Cl.Cl.Cl.Cl.Fc1ccc(-c2nc3n(c2-c2ccncc2)CCS3)cc1. The molecule has 0 aliphatic carbocycles. The molecule has 3 nitrogen and oxygen atoms in total. The van der Waals surface area contributed by atoms with E-state index in [0.29, 0.717) is 0 Å². The number of fused-ring (bicyclic) bond motifs is 1. The van der Waals surface area contributed by atoms with Crippen molar-refractivity contribution in [2.24, 2.45) is 0 Å². The summed E-state index contributed by atoms with van der Waals surface area (Å²) in [5, 5.41) is 1.03. The van der Waals surface area contributed by atoms with Gasteiger partial charge in [0.15, 0.2) is 5.16 Å². The Morgan fingerprint density at radius 1 is 0.880 bits per heavy atom. The summed E-state index contributed by atoms with van der Waals surface area (Å²) in [5.74, 6) is 0.815. The summed E-state index contributed by atoms with van der Waals surface area (Å²) in [6.07, 6.45) is 3.57. The van der Waals surface area contributed by atoms with E-state index < -0.39 is 0 Å². The van der Waals surface area contributed by atoms with E-state index >= 15 is 0 Å². The van der Waals surface area contributed by atoms with Gasteiger partial charge in [0, 0.05) is 35.8 Å². The van der Waals surface area contributed by atoms with Crippen molar-refractivity contribution >= 4 is 61.4 Å². The van der Waals surface area contributed by atoms with Crippen LogP contribution in [0.3, 0.4) is 0 Å². The zero-order chi connectivity index (χ0) is 14.2. The fraction of sp³-hybridized carbons (Fsp3) is 0.125. The number of imidazole rings is 1. The second kappa shape index (κ2) is 10.2. The summed E-state index contributed by atoms with van der Waals surface area (Å²) < 4.78 is 15.4. The van der Waals surface area contributed by atoms with E-state index in [1.54, 1.807) is 36.3 Å². The van der Waals surface area contributed by atoms with Gasteiger partial charge in [0.1, 0.15) is 5.82 Å². The van der Waals surface area contributed by atoms with Crippen LogP contribution in [0.2, 0.25) is 0 Å². The smallest absolute Gasteiger partial charge is 0.169 e. The molecule has 1 aliphatic heterocycles. The van der Waals surface area contributed by atoms with E-state index in [1.807, 2.05) is 12.1 Å². The molecule has 0 bridgehead atoms. The Bertz CT molecular complexity index is 797. The standard InChI is InChI=1S/C16H12FN3S.4ClH/c17-13-3-1-11(2-4-13)14-15(12-5-7-18-8-6-12)20-9-10-21-16(20)19-14;;;;/h1-8H,9-10H2;4*1H. The summed E-state index contributed by atoms with van der Waals surface area (Å²) in [4.78, 5) is 8.83. The van der Waals surface area contributed by atoms with Gasteiger partial charge in [-0.15, -0.1) is 49.6 Å². The summed E-state index contributed by atoms with van der Waals surface area (Å²) in [6, 6.07) is 10.5. The van der Waals surface area contributed by atoms with Crippen molar-refractivity contribution in [3.63, 3.8) is 0 Å². The van der Waals surface area contributed by atoms with E-state index in [4.69, 9.17) is 4.98 Å². The predicted octanol–water partition coefficient (Wildman–Crippen LogP) is 5.54. The molecule has 25 heavy (non-hydrogen) atoms. The van der Waals surface area contributed by atoms with Gasteiger partial charge in [-0.2, -0.15) is 0 Å². The molecular formula is C16H16Cl4FN3S. The average Bonchev–Trinajstić information content (AvgIpc) is 3.09. The third-order valence-corrected chi connectivity index (χ3v) is 4.51. The van der Waals surface area contributed by atoms with Crippen LogP contribution in [0.4, 0.5) is 4.39 Å². The number of nitrogens with zero attached hydrogens (tertiary/aromatic N) is 3. The zero-order valence-corrected chi connectivity index (χ0v) is 16.9. The summed E-state index contributed by atoms with van der Waals surface area (Å²) >= 11 is 1.76.